The molecule has 4 heteroatoms. The average Bonchev–Trinajstić information content (AvgIpc) is 2.82. The van der Waals surface area contributed by atoms with Gasteiger partial charge in [0.05, 0.1) is 18.8 Å². The van der Waals surface area contributed by atoms with E-state index in [2.05, 4.69) is 13.8 Å². The van der Waals surface area contributed by atoms with Crippen LogP contribution in [0.25, 0.3) is 0 Å². The zero-order valence-electron chi connectivity index (χ0n) is 19.9. The first-order valence-corrected chi connectivity index (χ1v) is 12.4. The SMILES string of the molecule is CCCCCCCCCOc1ccc(C(=O)Oc2ccc(OCCCCCC)cc2)cc1. The minimum atomic E-state index is -0.378. The maximum atomic E-state index is 12.4. The molecule has 0 radical (unpaired) electrons. The van der Waals surface area contributed by atoms with Gasteiger partial charge in [-0.25, -0.2) is 4.79 Å². The molecule has 0 saturated heterocycles. The van der Waals surface area contributed by atoms with Gasteiger partial charge in [-0.1, -0.05) is 71.6 Å². The van der Waals surface area contributed by atoms with Gasteiger partial charge in [0.15, 0.2) is 0 Å². The zero-order valence-corrected chi connectivity index (χ0v) is 19.9. The molecule has 0 N–H and O–H groups in total. The number of hydrogen-bond acceptors (Lipinski definition) is 4. The Kier molecular flexibility index (Phi) is 13.0. The van der Waals surface area contributed by atoms with Crippen LogP contribution in [0.2, 0.25) is 0 Å². The van der Waals surface area contributed by atoms with Crippen molar-refractivity contribution in [1.29, 1.82) is 0 Å². The number of ether oxygens (including phenoxy) is 3. The van der Waals surface area contributed by atoms with Crippen LogP contribution in [0.1, 0.15) is 94.8 Å². The molecule has 0 amide bonds. The molecule has 0 bridgehead atoms. The van der Waals surface area contributed by atoms with E-state index >= 15 is 0 Å². The Morgan fingerprint density at radius 3 is 1.50 bits per heavy atom. The Labute approximate surface area is 194 Å². The Bertz CT molecular complexity index is 737. The summed E-state index contributed by atoms with van der Waals surface area (Å²) in [5.74, 6) is 1.71. The minimum absolute atomic E-state index is 0.378. The highest BCUT2D eigenvalue weighted by Crippen LogP contribution is 2.20. The molecule has 0 aliphatic carbocycles. The van der Waals surface area contributed by atoms with Gasteiger partial charge in [-0.05, 0) is 61.4 Å². The summed E-state index contributed by atoms with van der Waals surface area (Å²) >= 11 is 0. The maximum Gasteiger partial charge on any atom is 0.343 e. The van der Waals surface area contributed by atoms with Crippen molar-refractivity contribution in [2.75, 3.05) is 13.2 Å². The lowest BCUT2D eigenvalue weighted by Gasteiger charge is -2.09. The van der Waals surface area contributed by atoms with E-state index in [0.717, 1.165) is 24.3 Å². The summed E-state index contributed by atoms with van der Waals surface area (Å²) in [6, 6.07) is 14.3. The molecule has 0 aliphatic rings. The van der Waals surface area contributed by atoms with Crippen molar-refractivity contribution in [2.45, 2.75) is 84.5 Å². The van der Waals surface area contributed by atoms with E-state index in [1.54, 1.807) is 24.3 Å². The molecule has 2 rings (SSSR count). The van der Waals surface area contributed by atoms with E-state index in [1.165, 1.54) is 57.8 Å². The minimum Gasteiger partial charge on any atom is -0.494 e. The quantitative estimate of drug-likeness (QED) is 0.142. The first kappa shape index (κ1) is 25.8. The lowest BCUT2D eigenvalue weighted by molar-refractivity contribution is 0.0734. The van der Waals surface area contributed by atoms with Crippen molar-refractivity contribution >= 4 is 5.97 Å². The predicted molar refractivity (Wildman–Crippen MR) is 131 cm³/mol. The molecule has 0 aliphatic heterocycles. The molecule has 176 valence electrons. The highest BCUT2D eigenvalue weighted by Gasteiger charge is 2.09. The maximum absolute atomic E-state index is 12.4. The lowest BCUT2D eigenvalue weighted by atomic mass is 10.1. The first-order valence-electron chi connectivity index (χ1n) is 12.4. The summed E-state index contributed by atoms with van der Waals surface area (Å²) in [6.45, 7) is 5.86. The summed E-state index contributed by atoms with van der Waals surface area (Å²) in [7, 11) is 0. The van der Waals surface area contributed by atoms with Crippen molar-refractivity contribution in [2.24, 2.45) is 0 Å². The molecule has 2 aromatic carbocycles. The topological polar surface area (TPSA) is 44.8 Å². The number of benzene rings is 2. The summed E-state index contributed by atoms with van der Waals surface area (Å²) in [5.41, 5.74) is 0.504. The van der Waals surface area contributed by atoms with Gasteiger partial charge in [0.25, 0.3) is 0 Å². The molecule has 2 aromatic rings. The molecule has 0 fully saturated rings. The number of carbonyl (C=O) groups is 1. The van der Waals surface area contributed by atoms with Gasteiger partial charge in [0, 0.05) is 0 Å². The normalized spacial score (nSPS) is 10.7. The number of esters is 1. The number of rotatable bonds is 17. The van der Waals surface area contributed by atoms with Gasteiger partial charge >= 0.3 is 5.97 Å². The van der Waals surface area contributed by atoms with E-state index in [4.69, 9.17) is 14.2 Å². The Balaban J connectivity index is 1.66. The number of carbonyl (C=O) groups excluding carboxylic acids is 1. The molecule has 0 spiro atoms. The molecular formula is C28H40O4. The first-order chi connectivity index (χ1) is 15.7. The van der Waals surface area contributed by atoms with Crippen LogP contribution in [0, 0.1) is 0 Å². The summed E-state index contributed by atoms with van der Waals surface area (Å²) in [5, 5.41) is 0. The smallest absolute Gasteiger partial charge is 0.343 e. The molecule has 4 nitrogen and oxygen atoms in total. The third-order valence-electron chi connectivity index (χ3n) is 5.41. The Morgan fingerprint density at radius 1 is 0.562 bits per heavy atom. The van der Waals surface area contributed by atoms with Gasteiger partial charge in [0.1, 0.15) is 17.2 Å². The van der Waals surface area contributed by atoms with Crippen molar-refractivity contribution in [3.05, 3.63) is 54.1 Å². The van der Waals surface area contributed by atoms with Gasteiger partial charge in [0.2, 0.25) is 0 Å². The molecule has 0 aromatic heterocycles. The average molecular weight is 441 g/mol. The third-order valence-corrected chi connectivity index (χ3v) is 5.41. The van der Waals surface area contributed by atoms with E-state index in [9.17, 15) is 4.79 Å². The predicted octanol–water partition coefficient (Wildman–Crippen LogP) is 7.99. The largest absolute Gasteiger partial charge is 0.494 e. The van der Waals surface area contributed by atoms with Crippen molar-refractivity contribution in [3.63, 3.8) is 0 Å². The summed E-state index contributed by atoms with van der Waals surface area (Å²) in [6.07, 6.45) is 13.5. The van der Waals surface area contributed by atoms with Crippen molar-refractivity contribution < 1.29 is 19.0 Å². The summed E-state index contributed by atoms with van der Waals surface area (Å²) < 4.78 is 17.0. The van der Waals surface area contributed by atoms with Crippen molar-refractivity contribution in [1.82, 2.24) is 0 Å². The number of hydrogen-bond donors (Lipinski definition) is 0. The van der Waals surface area contributed by atoms with E-state index in [0.29, 0.717) is 24.5 Å². The van der Waals surface area contributed by atoms with Crippen LogP contribution in [-0.4, -0.2) is 19.2 Å². The Hall–Kier alpha value is -2.49. The molecule has 32 heavy (non-hydrogen) atoms. The van der Waals surface area contributed by atoms with Crippen LogP contribution in [0.5, 0.6) is 17.2 Å². The van der Waals surface area contributed by atoms with E-state index < -0.39 is 0 Å². The van der Waals surface area contributed by atoms with Gasteiger partial charge in [-0.3, -0.25) is 0 Å². The van der Waals surface area contributed by atoms with Crippen LogP contribution < -0.4 is 14.2 Å². The summed E-state index contributed by atoms with van der Waals surface area (Å²) in [4.78, 5) is 12.4. The monoisotopic (exact) mass is 440 g/mol. The lowest BCUT2D eigenvalue weighted by Crippen LogP contribution is -2.08. The standard InChI is InChI=1S/C28H40O4/c1-3-5-7-9-10-11-13-23-30-25-16-14-24(15-17-25)28(29)32-27-20-18-26(19-21-27)31-22-12-8-6-4-2/h14-21H,3-13,22-23H2,1-2H3. The fraction of sp³-hybridized carbons (Fsp3) is 0.536. The fourth-order valence-electron chi connectivity index (χ4n) is 3.43. The molecule has 0 saturated carbocycles. The van der Waals surface area contributed by atoms with Crippen LogP contribution in [-0.2, 0) is 0 Å². The Morgan fingerprint density at radius 2 is 0.969 bits per heavy atom. The second kappa shape index (κ2) is 16.2. The molecule has 0 atom stereocenters. The van der Waals surface area contributed by atoms with Crippen LogP contribution in [0.3, 0.4) is 0 Å². The van der Waals surface area contributed by atoms with Gasteiger partial charge in [-0.15, -0.1) is 0 Å². The van der Waals surface area contributed by atoms with E-state index in [1.807, 2.05) is 24.3 Å². The molecule has 0 unspecified atom stereocenters. The zero-order chi connectivity index (χ0) is 22.9. The second-order valence-corrected chi connectivity index (χ2v) is 8.26. The van der Waals surface area contributed by atoms with Crippen LogP contribution >= 0.6 is 0 Å². The number of unbranched alkanes of at least 4 members (excludes halogenated alkanes) is 9. The second-order valence-electron chi connectivity index (χ2n) is 8.26. The highest BCUT2D eigenvalue weighted by molar-refractivity contribution is 5.91. The van der Waals surface area contributed by atoms with Gasteiger partial charge < -0.3 is 14.2 Å². The molecule has 0 heterocycles. The third kappa shape index (κ3) is 10.7. The van der Waals surface area contributed by atoms with E-state index in [-0.39, 0.29) is 5.97 Å². The fourth-order valence-corrected chi connectivity index (χ4v) is 3.43. The van der Waals surface area contributed by atoms with Gasteiger partial charge in [-0.2, -0.15) is 0 Å². The molecular weight excluding hydrogens is 400 g/mol. The van der Waals surface area contributed by atoms with Crippen LogP contribution in [0.4, 0.5) is 0 Å². The van der Waals surface area contributed by atoms with Crippen molar-refractivity contribution in [3.8, 4) is 17.2 Å². The van der Waals surface area contributed by atoms with Crippen LogP contribution in [0.15, 0.2) is 48.5 Å². The highest BCUT2D eigenvalue weighted by atomic mass is 16.5.